The predicted molar refractivity (Wildman–Crippen MR) is 132 cm³/mol. The molecule has 2 N–H and O–H groups in total. The highest BCUT2D eigenvalue weighted by atomic mass is 35.5. The first kappa shape index (κ1) is 23.7. The average molecular weight is 484 g/mol. The minimum atomic E-state index is -1.25. The van der Waals surface area contributed by atoms with Crippen LogP contribution in [0, 0.1) is 28.5 Å². The summed E-state index contributed by atoms with van der Waals surface area (Å²) in [6.45, 7) is 0. The molecular weight excluding hydrogens is 465 g/mol. The average Bonchev–Trinajstić information content (AvgIpc) is 3.49. The van der Waals surface area contributed by atoms with Gasteiger partial charge in [-0.3, -0.25) is 0 Å². The number of fused-ring (bicyclic) bond motifs is 1. The quantitative estimate of drug-likeness (QED) is 0.369. The maximum absolute atomic E-state index is 14.0. The Morgan fingerprint density at radius 3 is 2.37 bits per heavy atom. The first-order valence-electron chi connectivity index (χ1n) is 10.4. The highest BCUT2D eigenvalue weighted by Crippen LogP contribution is 2.40. The van der Waals surface area contributed by atoms with Crippen molar-refractivity contribution in [2.45, 2.75) is 5.54 Å². The number of aromatic nitrogens is 2. The van der Waals surface area contributed by atoms with E-state index in [1.54, 1.807) is 71.7 Å². The SMILES string of the molecule is Cl.Cn1cncc1[C@@](N)(c1ccc(C#N)cc1)c1cc2cc(C#N)cc(-c3cccc(F)c3)c2o1. The molecule has 0 bridgehead atoms. The van der Waals surface area contributed by atoms with E-state index < -0.39 is 5.54 Å². The number of nitrogens with zero attached hydrogens (tertiary/aromatic N) is 4. The van der Waals surface area contributed by atoms with E-state index in [0.29, 0.717) is 50.2 Å². The third-order valence-corrected chi connectivity index (χ3v) is 5.96. The van der Waals surface area contributed by atoms with Crippen LogP contribution in [-0.4, -0.2) is 9.55 Å². The third-order valence-electron chi connectivity index (χ3n) is 5.96. The summed E-state index contributed by atoms with van der Waals surface area (Å²) >= 11 is 0. The van der Waals surface area contributed by atoms with Crippen molar-refractivity contribution >= 4 is 23.4 Å². The zero-order chi connectivity index (χ0) is 23.9. The molecule has 0 aliphatic heterocycles. The van der Waals surface area contributed by atoms with Gasteiger partial charge in [-0.25, -0.2) is 9.37 Å². The van der Waals surface area contributed by atoms with Gasteiger partial charge in [0, 0.05) is 18.0 Å². The maximum atomic E-state index is 14.0. The molecule has 0 saturated heterocycles. The zero-order valence-corrected chi connectivity index (χ0v) is 19.4. The van der Waals surface area contributed by atoms with Crippen molar-refractivity contribution in [2.75, 3.05) is 0 Å². The van der Waals surface area contributed by atoms with Gasteiger partial charge in [-0.2, -0.15) is 10.5 Å². The lowest BCUT2D eigenvalue weighted by Gasteiger charge is -2.28. The van der Waals surface area contributed by atoms with Crippen LogP contribution in [0.5, 0.6) is 0 Å². The first-order chi connectivity index (χ1) is 16.4. The Morgan fingerprint density at radius 2 is 1.74 bits per heavy atom. The van der Waals surface area contributed by atoms with Crippen LogP contribution in [0.3, 0.4) is 0 Å². The summed E-state index contributed by atoms with van der Waals surface area (Å²) in [6, 6.07) is 22.6. The van der Waals surface area contributed by atoms with E-state index in [4.69, 9.17) is 10.2 Å². The molecule has 0 aliphatic rings. The van der Waals surface area contributed by atoms with Gasteiger partial charge < -0.3 is 14.7 Å². The molecule has 3 aromatic carbocycles. The molecule has 0 amide bonds. The van der Waals surface area contributed by atoms with Gasteiger partial charge in [0.15, 0.2) is 0 Å². The van der Waals surface area contributed by atoms with Crippen molar-refractivity contribution in [3.8, 4) is 23.3 Å². The molecule has 0 radical (unpaired) electrons. The fraction of sp³-hybridized carbons (Fsp3) is 0.0741. The Morgan fingerprint density at radius 1 is 1.00 bits per heavy atom. The second-order valence-corrected chi connectivity index (χ2v) is 8.06. The van der Waals surface area contributed by atoms with Crippen LogP contribution in [0.25, 0.3) is 22.1 Å². The molecule has 8 heteroatoms. The minimum Gasteiger partial charge on any atom is -0.458 e. The van der Waals surface area contributed by atoms with Crippen LogP contribution in [0.4, 0.5) is 4.39 Å². The van der Waals surface area contributed by atoms with E-state index in [1.165, 1.54) is 12.1 Å². The number of furan rings is 1. The van der Waals surface area contributed by atoms with Gasteiger partial charge in [0.05, 0.1) is 41.5 Å². The summed E-state index contributed by atoms with van der Waals surface area (Å²) < 4.78 is 22.2. The maximum Gasteiger partial charge on any atom is 0.142 e. The molecule has 35 heavy (non-hydrogen) atoms. The van der Waals surface area contributed by atoms with Gasteiger partial charge >= 0.3 is 0 Å². The van der Waals surface area contributed by atoms with Gasteiger partial charge in [-0.15, -0.1) is 12.4 Å². The monoisotopic (exact) mass is 483 g/mol. The fourth-order valence-corrected chi connectivity index (χ4v) is 4.24. The summed E-state index contributed by atoms with van der Waals surface area (Å²) in [5.41, 5.74) is 9.80. The van der Waals surface area contributed by atoms with Gasteiger partial charge in [0.25, 0.3) is 0 Å². The summed E-state index contributed by atoms with van der Waals surface area (Å²) in [7, 11) is 1.84. The minimum absolute atomic E-state index is 0. The van der Waals surface area contributed by atoms with Gasteiger partial charge in [0.2, 0.25) is 0 Å². The smallest absolute Gasteiger partial charge is 0.142 e. The summed E-state index contributed by atoms with van der Waals surface area (Å²) in [6.07, 6.45) is 3.31. The number of nitrogens with two attached hydrogens (primary N) is 1. The fourth-order valence-electron chi connectivity index (χ4n) is 4.24. The standard InChI is InChI=1S/C27H18FN5O.ClH/c1-33-16-32-15-24(33)27(31,21-7-5-17(13-29)6-8-21)25-12-20-9-18(14-30)10-23(26(20)34-25)19-3-2-4-22(28)11-19;/h2-12,15-16H,31H2,1H3;1H/t27-;/m0./s1. The Labute approximate surface area is 207 Å². The molecule has 1 atom stereocenters. The van der Waals surface area contributed by atoms with E-state index in [2.05, 4.69) is 17.1 Å². The molecule has 0 unspecified atom stereocenters. The summed E-state index contributed by atoms with van der Waals surface area (Å²) in [4.78, 5) is 4.23. The molecule has 0 aliphatic carbocycles. The van der Waals surface area contributed by atoms with E-state index in [0.717, 1.165) is 0 Å². The second-order valence-electron chi connectivity index (χ2n) is 8.06. The van der Waals surface area contributed by atoms with E-state index in [-0.39, 0.29) is 18.2 Å². The number of aryl methyl sites for hydroxylation is 1. The molecule has 2 heterocycles. The third kappa shape index (κ3) is 3.94. The number of hydrogen-bond donors (Lipinski definition) is 1. The van der Waals surface area contributed by atoms with Crippen LogP contribution in [0.2, 0.25) is 0 Å². The number of imidazole rings is 1. The molecular formula is C27H19ClFN5O. The van der Waals surface area contributed by atoms with Crippen molar-refractivity contribution in [3.05, 3.63) is 113 Å². The number of nitriles is 2. The summed E-state index contributed by atoms with van der Waals surface area (Å²) in [5, 5.41) is 19.5. The van der Waals surface area contributed by atoms with E-state index in [9.17, 15) is 14.9 Å². The van der Waals surface area contributed by atoms with Crippen LogP contribution >= 0.6 is 12.4 Å². The first-order valence-corrected chi connectivity index (χ1v) is 10.4. The molecule has 0 fully saturated rings. The number of hydrogen-bond acceptors (Lipinski definition) is 5. The Hall–Kier alpha value is -4.43. The second kappa shape index (κ2) is 9.08. The Kier molecular flexibility index (Phi) is 6.15. The lowest BCUT2D eigenvalue weighted by Crippen LogP contribution is -2.40. The molecule has 172 valence electrons. The van der Waals surface area contributed by atoms with Crippen molar-refractivity contribution in [1.29, 1.82) is 10.5 Å². The highest BCUT2D eigenvalue weighted by molar-refractivity contribution is 5.94. The lowest BCUT2D eigenvalue weighted by atomic mass is 9.84. The molecule has 0 saturated carbocycles. The van der Waals surface area contributed by atoms with E-state index in [1.807, 2.05) is 7.05 Å². The van der Waals surface area contributed by atoms with Gasteiger partial charge in [0.1, 0.15) is 22.7 Å². The number of rotatable bonds is 4. The van der Waals surface area contributed by atoms with Crippen LogP contribution in [-0.2, 0) is 12.6 Å². The normalized spacial score (nSPS) is 12.4. The predicted octanol–water partition coefficient (Wildman–Crippen LogP) is 5.39. The summed E-state index contributed by atoms with van der Waals surface area (Å²) in [5.74, 6) is 0.0315. The molecule has 5 rings (SSSR count). The largest absolute Gasteiger partial charge is 0.458 e. The van der Waals surface area contributed by atoms with Crippen molar-refractivity contribution in [2.24, 2.45) is 12.8 Å². The molecule has 5 aromatic rings. The van der Waals surface area contributed by atoms with Crippen molar-refractivity contribution in [1.82, 2.24) is 9.55 Å². The van der Waals surface area contributed by atoms with E-state index >= 15 is 0 Å². The topological polar surface area (TPSA) is 105 Å². The zero-order valence-electron chi connectivity index (χ0n) is 18.6. The van der Waals surface area contributed by atoms with Crippen molar-refractivity contribution < 1.29 is 8.81 Å². The van der Waals surface area contributed by atoms with Gasteiger partial charge in [-0.05, 0) is 53.6 Å². The molecule has 2 aromatic heterocycles. The van der Waals surface area contributed by atoms with Crippen LogP contribution in [0.15, 0.2) is 83.7 Å². The Balaban J connectivity index is 0.00000289. The van der Waals surface area contributed by atoms with Crippen molar-refractivity contribution in [3.63, 3.8) is 0 Å². The number of halogens is 2. The molecule has 6 nitrogen and oxygen atoms in total. The Bertz CT molecular complexity index is 1620. The lowest BCUT2D eigenvalue weighted by molar-refractivity contribution is 0.445. The highest BCUT2D eigenvalue weighted by Gasteiger charge is 2.38. The van der Waals surface area contributed by atoms with Crippen LogP contribution < -0.4 is 5.73 Å². The van der Waals surface area contributed by atoms with Crippen LogP contribution in [0.1, 0.15) is 28.1 Å². The number of benzene rings is 3. The molecule has 0 spiro atoms. The van der Waals surface area contributed by atoms with Gasteiger partial charge in [-0.1, -0.05) is 24.3 Å².